The van der Waals surface area contributed by atoms with Crippen LogP contribution < -0.4 is 11.1 Å². The number of thiophene rings is 1. The lowest BCUT2D eigenvalue weighted by molar-refractivity contribution is 0.100. The van der Waals surface area contributed by atoms with E-state index in [-0.39, 0.29) is 5.91 Å². The van der Waals surface area contributed by atoms with E-state index in [1.54, 1.807) is 6.07 Å². The summed E-state index contributed by atoms with van der Waals surface area (Å²) in [6, 6.07) is 7.38. The van der Waals surface area contributed by atoms with Crippen molar-refractivity contribution in [3.05, 3.63) is 51.4 Å². The number of carbonyl (C=O) groups is 2. The van der Waals surface area contributed by atoms with Crippen LogP contribution in [0.15, 0.2) is 24.3 Å². The maximum Gasteiger partial charge on any atom is 0.256 e. The Morgan fingerprint density at radius 3 is 2.71 bits per heavy atom. The molecule has 0 fully saturated rings. The van der Waals surface area contributed by atoms with E-state index in [4.69, 9.17) is 5.73 Å². The molecular formula is C16H16N2O2S. The summed E-state index contributed by atoms with van der Waals surface area (Å²) < 4.78 is 0. The van der Waals surface area contributed by atoms with Crippen molar-refractivity contribution in [1.82, 2.24) is 0 Å². The van der Waals surface area contributed by atoms with Gasteiger partial charge in [-0.15, -0.1) is 11.3 Å². The zero-order chi connectivity index (χ0) is 15.0. The van der Waals surface area contributed by atoms with Crippen molar-refractivity contribution in [3.8, 4) is 0 Å². The molecule has 1 aliphatic carbocycles. The monoisotopic (exact) mass is 300 g/mol. The minimum atomic E-state index is -0.463. The highest BCUT2D eigenvalue weighted by molar-refractivity contribution is 7.17. The number of amides is 2. The molecule has 0 saturated heterocycles. The molecule has 0 atom stereocenters. The number of aryl methyl sites for hydroxylation is 2. The molecule has 2 aromatic rings. The fraction of sp³-hybridized carbons (Fsp3) is 0.250. The Morgan fingerprint density at radius 2 is 2.00 bits per heavy atom. The molecule has 1 aromatic heterocycles. The quantitative estimate of drug-likeness (QED) is 0.915. The second-order valence-corrected chi connectivity index (χ2v) is 6.30. The second kappa shape index (κ2) is 5.33. The van der Waals surface area contributed by atoms with Crippen molar-refractivity contribution in [1.29, 1.82) is 0 Å². The number of rotatable bonds is 3. The molecule has 5 heteroatoms. The number of benzene rings is 1. The number of nitrogens with two attached hydrogens (primary N) is 1. The highest BCUT2D eigenvalue weighted by Gasteiger charge is 2.26. The minimum absolute atomic E-state index is 0.199. The molecular weight excluding hydrogens is 284 g/mol. The number of anilines is 1. The third-order valence-corrected chi connectivity index (χ3v) is 4.99. The van der Waals surface area contributed by atoms with Crippen LogP contribution in [0.5, 0.6) is 0 Å². The van der Waals surface area contributed by atoms with E-state index in [1.807, 2.05) is 25.1 Å². The van der Waals surface area contributed by atoms with Gasteiger partial charge in [-0.2, -0.15) is 0 Å². The molecule has 4 nitrogen and oxygen atoms in total. The topological polar surface area (TPSA) is 72.2 Å². The largest absolute Gasteiger partial charge is 0.365 e. The van der Waals surface area contributed by atoms with E-state index in [0.717, 1.165) is 30.4 Å². The van der Waals surface area contributed by atoms with Crippen molar-refractivity contribution in [2.24, 2.45) is 5.73 Å². The number of fused-ring (bicyclic) bond motifs is 1. The molecule has 0 saturated carbocycles. The summed E-state index contributed by atoms with van der Waals surface area (Å²) in [7, 11) is 0. The fourth-order valence-electron chi connectivity index (χ4n) is 2.75. The predicted octanol–water partition coefficient (Wildman–Crippen LogP) is 2.90. The van der Waals surface area contributed by atoms with Gasteiger partial charge in [0.15, 0.2) is 0 Å². The van der Waals surface area contributed by atoms with Gasteiger partial charge in [0.25, 0.3) is 11.8 Å². The summed E-state index contributed by atoms with van der Waals surface area (Å²) in [6.07, 6.45) is 2.87. The van der Waals surface area contributed by atoms with Crippen LogP contribution in [0.1, 0.15) is 43.1 Å². The van der Waals surface area contributed by atoms with Crippen molar-refractivity contribution in [2.45, 2.75) is 26.2 Å². The molecule has 108 valence electrons. The minimum Gasteiger partial charge on any atom is -0.365 e. The second-order valence-electron chi connectivity index (χ2n) is 5.19. The molecule has 0 unspecified atom stereocenters. The van der Waals surface area contributed by atoms with Crippen molar-refractivity contribution >= 4 is 28.2 Å². The molecule has 1 aromatic carbocycles. The molecule has 1 aliphatic rings. The third-order valence-electron chi connectivity index (χ3n) is 3.78. The van der Waals surface area contributed by atoms with Gasteiger partial charge in [0.05, 0.1) is 5.56 Å². The molecule has 1 heterocycles. The molecule has 3 rings (SSSR count). The van der Waals surface area contributed by atoms with Crippen LogP contribution in [-0.4, -0.2) is 11.8 Å². The van der Waals surface area contributed by atoms with Gasteiger partial charge in [0.2, 0.25) is 0 Å². The Balaban J connectivity index is 1.94. The summed E-state index contributed by atoms with van der Waals surface area (Å²) in [5.41, 5.74) is 8.52. The molecule has 0 aliphatic heterocycles. The average Bonchev–Trinajstić information content (AvgIpc) is 2.98. The molecule has 2 amide bonds. The zero-order valence-corrected chi connectivity index (χ0v) is 12.5. The predicted molar refractivity (Wildman–Crippen MR) is 84.0 cm³/mol. The zero-order valence-electron chi connectivity index (χ0n) is 11.7. The Kier molecular flexibility index (Phi) is 3.51. The van der Waals surface area contributed by atoms with E-state index in [0.29, 0.717) is 16.1 Å². The molecule has 3 N–H and O–H groups in total. The Hall–Kier alpha value is -2.14. The Bertz CT molecular complexity index is 734. The SMILES string of the molecule is Cc1ccccc1C(=O)Nc1sc2c(c1C(N)=O)CCC2. The lowest BCUT2D eigenvalue weighted by Gasteiger charge is -2.08. The standard InChI is InChI=1S/C16H16N2O2S/c1-9-5-2-3-6-10(9)15(20)18-16-13(14(17)19)11-7-4-8-12(11)21-16/h2-3,5-6H,4,7-8H2,1H3,(H2,17,19)(H,18,20). The average molecular weight is 300 g/mol. The van der Waals surface area contributed by atoms with Gasteiger partial charge in [-0.3, -0.25) is 9.59 Å². The number of hydrogen-bond donors (Lipinski definition) is 2. The van der Waals surface area contributed by atoms with Crippen molar-refractivity contribution in [2.75, 3.05) is 5.32 Å². The van der Waals surface area contributed by atoms with Crippen molar-refractivity contribution < 1.29 is 9.59 Å². The highest BCUT2D eigenvalue weighted by atomic mass is 32.1. The summed E-state index contributed by atoms with van der Waals surface area (Å²) in [4.78, 5) is 25.3. The normalized spacial score (nSPS) is 13.0. The first-order valence-corrected chi connectivity index (χ1v) is 7.71. The maximum atomic E-state index is 12.4. The van der Waals surface area contributed by atoms with E-state index in [9.17, 15) is 9.59 Å². The number of carbonyl (C=O) groups excluding carboxylic acids is 2. The first-order valence-electron chi connectivity index (χ1n) is 6.89. The lowest BCUT2D eigenvalue weighted by atomic mass is 10.1. The smallest absolute Gasteiger partial charge is 0.256 e. The van der Waals surface area contributed by atoms with Gasteiger partial charge in [-0.1, -0.05) is 18.2 Å². The molecule has 0 spiro atoms. The van der Waals surface area contributed by atoms with Gasteiger partial charge < -0.3 is 11.1 Å². The molecule has 21 heavy (non-hydrogen) atoms. The number of primary amides is 1. The van der Waals surface area contributed by atoms with Crippen LogP contribution in [-0.2, 0) is 12.8 Å². The summed E-state index contributed by atoms with van der Waals surface area (Å²) in [5, 5.41) is 3.44. The van der Waals surface area contributed by atoms with Gasteiger partial charge >= 0.3 is 0 Å². The van der Waals surface area contributed by atoms with Gasteiger partial charge in [0.1, 0.15) is 5.00 Å². The summed E-state index contributed by atoms with van der Waals surface area (Å²) >= 11 is 1.47. The fourth-order valence-corrected chi connectivity index (χ4v) is 4.04. The Labute approximate surface area is 127 Å². The van der Waals surface area contributed by atoms with Crippen LogP contribution in [0.2, 0.25) is 0 Å². The molecule has 0 radical (unpaired) electrons. The molecule has 0 bridgehead atoms. The van der Waals surface area contributed by atoms with Crippen LogP contribution in [0.25, 0.3) is 0 Å². The van der Waals surface area contributed by atoms with Gasteiger partial charge in [0, 0.05) is 10.4 Å². The first kappa shape index (κ1) is 13.8. The lowest BCUT2D eigenvalue weighted by Crippen LogP contribution is -2.18. The number of nitrogens with one attached hydrogen (secondary N) is 1. The number of hydrogen-bond acceptors (Lipinski definition) is 3. The maximum absolute atomic E-state index is 12.4. The van der Waals surface area contributed by atoms with Crippen LogP contribution >= 0.6 is 11.3 Å². The highest BCUT2D eigenvalue weighted by Crippen LogP contribution is 2.39. The van der Waals surface area contributed by atoms with E-state index >= 15 is 0 Å². The van der Waals surface area contributed by atoms with E-state index < -0.39 is 5.91 Å². The van der Waals surface area contributed by atoms with Crippen LogP contribution in [0.3, 0.4) is 0 Å². The van der Waals surface area contributed by atoms with Crippen molar-refractivity contribution in [3.63, 3.8) is 0 Å². The van der Waals surface area contributed by atoms with E-state index in [2.05, 4.69) is 5.32 Å². The van der Waals surface area contributed by atoms with Crippen LogP contribution in [0.4, 0.5) is 5.00 Å². The first-order chi connectivity index (χ1) is 10.1. The van der Waals surface area contributed by atoms with Gasteiger partial charge in [-0.05, 0) is 43.4 Å². The summed E-state index contributed by atoms with van der Waals surface area (Å²) in [6.45, 7) is 1.89. The Morgan fingerprint density at radius 1 is 1.24 bits per heavy atom. The van der Waals surface area contributed by atoms with Gasteiger partial charge in [-0.25, -0.2) is 0 Å². The van der Waals surface area contributed by atoms with Crippen LogP contribution in [0, 0.1) is 6.92 Å². The third kappa shape index (κ3) is 2.45. The summed E-state index contributed by atoms with van der Waals surface area (Å²) in [5.74, 6) is -0.662. The van der Waals surface area contributed by atoms with E-state index in [1.165, 1.54) is 16.2 Å².